The van der Waals surface area contributed by atoms with E-state index in [0.717, 1.165) is 54.3 Å². The molecule has 1 aromatic carbocycles. The molecule has 0 saturated carbocycles. The van der Waals surface area contributed by atoms with E-state index >= 15 is 0 Å². The molecule has 1 aliphatic carbocycles. The smallest absolute Gasteiger partial charge is 0.187 e. The monoisotopic (exact) mass is 516 g/mol. The van der Waals surface area contributed by atoms with Gasteiger partial charge in [0.1, 0.15) is 11.5 Å². The molecule has 0 aliphatic heterocycles. The SMILES string of the molecule is CCOCCOC(C(C)=CCCC(C)=CC=O)C(C1=C(C)CCCC1(C)C)S(=O)(=O)c1ccccc1. The lowest BCUT2D eigenvalue weighted by atomic mass is 9.70. The Morgan fingerprint density at radius 3 is 2.44 bits per heavy atom. The summed E-state index contributed by atoms with van der Waals surface area (Å²) in [7, 11) is -3.76. The predicted molar refractivity (Wildman–Crippen MR) is 147 cm³/mol. The van der Waals surface area contributed by atoms with E-state index in [-0.39, 0.29) is 5.41 Å². The zero-order chi connectivity index (χ0) is 26.8. The van der Waals surface area contributed by atoms with Crippen LogP contribution in [-0.4, -0.2) is 45.9 Å². The molecule has 0 aromatic heterocycles. The number of hydrogen-bond donors (Lipinski definition) is 0. The van der Waals surface area contributed by atoms with Crippen molar-refractivity contribution in [3.8, 4) is 0 Å². The Bertz CT molecular complexity index is 1050. The Labute approximate surface area is 218 Å². The van der Waals surface area contributed by atoms with Crippen LogP contribution >= 0.6 is 0 Å². The molecule has 1 aliphatic rings. The molecule has 5 nitrogen and oxygen atoms in total. The van der Waals surface area contributed by atoms with Crippen LogP contribution in [0.15, 0.2) is 69.7 Å². The van der Waals surface area contributed by atoms with Crippen LogP contribution in [0.2, 0.25) is 0 Å². The molecule has 0 N–H and O–H groups in total. The van der Waals surface area contributed by atoms with Crippen LogP contribution in [0.3, 0.4) is 0 Å². The highest BCUT2D eigenvalue weighted by Gasteiger charge is 2.45. The molecule has 0 heterocycles. The van der Waals surface area contributed by atoms with E-state index in [2.05, 4.69) is 26.8 Å². The average Bonchev–Trinajstić information content (AvgIpc) is 2.82. The minimum atomic E-state index is -3.76. The third-order valence-corrected chi connectivity index (χ3v) is 9.12. The van der Waals surface area contributed by atoms with Gasteiger partial charge in [-0.15, -0.1) is 0 Å². The molecule has 1 aromatic rings. The molecular weight excluding hydrogens is 472 g/mol. The number of carbonyl (C=O) groups excluding carboxylic acids is 1. The average molecular weight is 517 g/mol. The minimum absolute atomic E-state index is 0.264. The Hall–Kier alpha value is -2.02. The molecule has 6 heteroatoms. The van der Waals surface area contributed by atoms with Gasteiger partial charge in [-0.25, -0.2) is 8.42 Å². The number of allylic oxidation sites excluding steroid dienone is 4. The fourth-order valence-electron chi connectivity index (χ4n) is 5.18. The van der Waals surface area contributed by atoms with Crippen LogP contribution in [0.5, 0.6) is 0 Å². The molecule has 0 amide bonds. The van der Waals surface area contributed by atoms with Gasteiger partial charge >= 0.3 is 0 Å². The molecule has 0 radical (unpaired) electrons. The summed E-state index contributed by atoms with van der Waals surface area (Å²) in [5.41, 5.74) is 3.73. The number of sulfone groups is 1. The standard InChI is InChI=1S/C30H44O5S/c1-7-34-21-22-35-28(25(4)14-11-13-23(2)18-20-31)29(27-24(3)15-12-19-30(27,5)6)36(32,33)26-16-9-8-10-17-26/h8-10,14,16-18,20,28-29H,7,11-13,15,19,21-22H2,1-6H3. The fraction of sp³-hybridized carbons (Fsp3) is 0.567. The molecule has 0 spiro atoms. The Morgan fingerprint density at radius 2 is 1.83 bits per heavy atom. The number of ether oxygens (including phenoxy) is 2. The molecule has 200 valence electrons. The van der Waals surface area contributed by atoms with Crippen LogP contribution in [0, 0.1) is 5.41 Å². The molecule has 2 rings (SSSR count). The van der Waals surface area contributed by atoms with E-state index in [1.807, 2.05) is 26.8 Å². The van der Waals surface area contributed by atoms with E-state index in [4.69, 9.17) is 9.47 Å². The van der Waals surface area contributed by atoms with Gasteiger partial charge in [0.15, 0.2) is 9.84 Å². The normalized spacial score (nSPS) is 18.7. The minimum Gasteiger partial charge on any atom is -0.379 e. The second-order valence-electron chi connectivity index (χ2n) is 10.3. The second-order valence-corrected chi connectivity index (χ2v) is 12.4. The number of hydrogen-bond acceptors (Lipinski definition) is 5. The Kier molecular flexibility index (Phi) is 11.8. The van der Waals surface area contributed by atoms with E-state index < -0.39 is 21.2 Å². The molecule has 0 fully saturated rings. The lowest BCUT2D eigenvalue weighted by Crippen LogP contribution is -2.44. The number of rotatable bonds is 14. The van der Waals surface area contributed by atoms with Crippen molar-refractivity contribution in [2.24, 2.45) is 5.41 Å². The summed E-state index contributed by atoms with van der Waals surface area (Å²) < 4.78 is 40.6. The first-order valence-electron chi connectivity index (χ1n) is 13.0. The lowest BCUT2D eigenvalue weighted by molar-refractivity contribution is -0.104. The van der Waals surface area contributed by atoms with Crippen molar-refractivity contribution < 1.29 is 22.7 Å². The van der Waals surface area contributed by atoms with Crippen molar-refractivity contribution in [3.05, 3.63) is 64.8 Å². The summed E-state index contributed by atoms with van der Waals surface area (Å²) in [6, 6.07) is 8.73. The molecule has 0 saturated heterocycles. The van der Waals surface area contributed by atoms with Gasteiger partial charge in [0.25, 0.3) is 0 Å². The molecule has 0 bridgehead atoms. The highest BCUT2D eigenvalue weighted by atomic mass is 32.2. The van der Waals surface area contributed by atoms with Gasteiger partial charge in [-0.05, 0) is 94.6 Å². The largest absolute Gasteiger partial charge is 0.379 e. The first-order chi connectivity index (χ1) is 17.1. The van der Waals surface area contributed by atoms with E-state index in [0.29, 0.717) is 31.1 Å². The number of aldehydes is 1. The van der Waals surface area contributed by atoms with Crippen LogP contribution in [0.25, 0.3) is 0 Å². The topological polar surface area (TPSA) is 69.7 Å². The maximum Gasteiger partial charge on any atom is 0.187 e. The van der Waals surface area contributed by atoms with Gasteiger partial charge < -0.3 is 9.47 Å². The first-order valence-corrected chi connectivity index (χ1v) is 14.6. The quantitative estimate of drug-likeness (QED) is 0.120. The highest BCUT2D eigenvalue weighted by Crippen LogP contribution is 2.46. The maximum atomic E-state index is 14.3. The van der Waals surface area contributed by atoms with Crippen LogP contribution < -0.4 is 0 Å². The van der Waals surface area contributed by atoms with Crippen LogP contribution in [0.4, 0.5) is 0 Å². The van der Waals surface area contributed by atoms with E-state index in [1.165, 1.54) is 0 Å². The van der Waals surface area contributed by atoms with Crippen LogP contribution in [-0.2, 0) is 24.1 Å². The van der Waals surface area contributed by atoms with Gasteiger partial charge in [-0.1, -0.05) is 49.3 Å². The zero-order valence-corrected chi connectivity index (χ0v) is 23.7. The lowest BCUT2D eigenvalue weighted by Gasteiger charge is -2.41. The van der Waals surface area contributed by atoms with Crippen molar-refractivity contribution in [3.63, 3.8) is 0 Å². The van der Waals surface area contributed by atoms with Gasteiger partial charge in [0.05, 0.1) is 24.2 Å². The third-order valence-electron chi connectivity index (χ3n) is 7.04. The van der Waals surface area contributed by atoms with E-state index in [9.17, 15) is 13.2 Å². The van der Waals surface area contributed by atoms with Crippen molar-refractivity contribution in [1.29, 1.82) is 0 Å². The van der Waals surface area contributed by atoms with Crippen molar-refractivity contribution in [2.75, 3.05) is 19.8 Å². The molecule has 2 unspecified atom stereocenters. The first kappa shape index (κ1) is 30.2. The summed E-state index contributed by atoms with van der Waals surface area (Å²) in [5.74, 6) is 0. The number of carbonyl (C=O) groups is 1. The van der Waals surface area contributed by atoms with Crippen molar-refractivity contribution >= 4 is 16.1 Å². The summed E-state index contributed by atoms with van der Waals surface area (Å²) in [4.78, 5) is 11.1. The fourth-order valence-corrected chi connectivity index (χ4v) is 7.45. The number of benzene rings is 1. The van der Waals surface area contributed by atoms with Gasteiger partial charge in [0, 0.05) is 6.61 Å². The maximum absolute atomic E-state index is 14.3. The van der Waals surface area contributed by atoms with Gasteiger partial charge in [-0.3, -0.25) is 4.79 Å². The third kappa shape index (κ3) is 7.99. The second kappa shape index (κ2) is 14.1. The molecule has 2 atom stereocenters. The summed E-state index contributed by atoms with van der Waals surface area (Å²) in [6.07, 6.45) is 8.09. The molecule has 36 heavy (non-hydrogen) atoms. The summed E-state index contributed by atoms with van der Waals surface area (Å²) in [5, 5.41) is -0.834. The van der Waals surface area contributed by atoms with Crippen molar-refractivity contribution in [1.82, 2.24) is 0 Å². The van der Waals surface area contributed by atoms with Crippen molar-refractivity contribution in [2.45, 2.75) is 89.9 Å². The Morgan fingerprint density at radius 1 is 1.14 bits per heavy atom. The van der Waals surface area contributed by atoms with Crippen LogP contribution in [0.1, 0.15) is 73.6 Å². The summed E-state index contributed by atoms with van der Waals surface area (Å²) >= 11 is 0. The highest BCUT2D eigenvalue weighted by molar-refractivity contribution is 7.92. The Balaban J connectivity index is 2.63. The van der Waals surface area contributed by atoms with Gasteiger partial charge in [0.2, 0.25) is 0 Å². The molecular formula is C30H44O5S. The predicted octanol–water partition coefficient (Wildman–Crippen LogP) is 6.65. The zero-order valence-electron chi connectivity index (χ0n) is 22.9. The van der Waals surface area contributed by atoms with E-state index in [1.54, 1.807) is 30.3 Å². The van der Waals surface area contributed by atoms with Gasteiger partial charge in [-0.2, -0.15) is 0 Å². The summed E-state index contributed by atoms with van der Waals surface area (Å²) in [6.45, 7) is 13.5.